The Hall–Kier alpha value is -1.30. The van der Waals surface area contributed by atoms with Crippen LogP contribution in [0.4, 0.5) is 0 Å². The van der Waals surface area contributed by atoms with Crippen molar-refractivity contribution in [2.24, 2.45) is 17.8 Å². The molecule has 1 amide bonds. The summed E-state index contributed by atoms with van der Waals surface area (Å²) in [6.45, 7) is -0.272. The highest BCUT2D eigenvalue weighted by atomic mass is 35.5. The second-order valence-corrected chi connectivity index (χ2v) is 10.6. The summed E-state index contributed by atoms with van der Waals surface area (Å²) < 4.78 is 6.11. The van der Waals surface area contributed by atoms with Gasteiger partial charge in [0, 0.05) is 20.6 Å². The molecule has 0 radical (unpaired) electrons. The van der Waals surface area contributed by atoms with E-state index in [1.54, 1.807) is 18.2 Å². The average molecular weight is 438 g/mol. The molecule has 1 aromatic heterocycles. The van der Waals surface area contributed by atoms with E-state index in [0.717, 1.165) is 47.1 Å². The van der Waals surface area contributed by atoms with E-state index >= 15 is 0 Å². The SMILES string of the molecule is O=C(COC(=O)c1sc2cc(Cl)ccc2c1Cl)NC12CC3CC(CC(C3)C1)C2. The van der Waals surface area contributed by atoms with Crippen LogP contribution in [0.1, 0.15) is 48.2 Å². The molecule has 0 saturated heterocycles. The second kappa shape index (κ2) is 6.89. The fraction of sp³-hybridized carbons (Fsp3) is 0.524. The number of amides is 1. The van der Waals surface area contributed by atoms with Gasteiger partial charge in [-0.25, -0.2) is 4.79 Å². The van der Waals surface area contributed by atoms with E-state index in [1.807, 2.05) is 0 Å². The van der Waals surface area contributed by atoms with Gasteiger partial charge in [-0.15, -0.1) is 11.3 Å². The Morgan fingerprint density at radius 3 is 2.39 bits per heavy atom. The quantitative estimate of drug-likeness (QED) is 0.646. The van der Waals surface area contributed by atoms with Crippen LogP contribution in [0.15, 0.2) is 18.2 Å². The predicted octanol–water partition coefficient (Wildman–Crippen LogP) is 5.45. The standard InChI is InChI=1S/C21H21Cl2NO3S/c22-14-1-2-15-16(6-14)28-19(18(15)23)20(26)27-10-17(25)24-21-7-11-3-12(8-21)5-13(4-11)9-21/h1-2,6,11-13H,3-5,7-10H2,(H,24,25). The highest BCUT2D eigenvalue weighted by molar-refractivity contribution is 7.21. The molecule has 0 atom stereocenters. The number of esters is 1. The maximum Gasteiger partial charge on any atom is 0.350 e. The molecule has 1 heterocycles. The number of halogens is 2. The molecule has 4 aliphatic carbocycles. The van der Waals surface area contributed by atoms with E-state index in [1.165, 1.54) is 30.6 Å². The van der Waals surface area contributed by atoms with E-state index in [9.17, 15) is 9.59 Å². The molecule has 1 N–H and O–H groups in total. The van der Waals surface area contributed by atoms with Crippen molar-refractivity contribution in [1.82, 2.24) is 5.32 Å². The molecule has 0 aliphatic heterocycles. The number of carbonyl (C=O) groups excluding carboxylic acids is 2. The van der Waals surface area contributed by atoms with Crippen LogP contribution in [0, 0.1) is 17.8 Å². The number of rotatable bonds is 4. The first-order valence-electron chi connectivity index (χ1n) is 9.76. The van der Waals surface area contributed by atoms with Crippen molar-refractivity contribution in [3.05, 3.63) is 33.1 Å². The summed E-state index contributed by atoms with van der Waals surface area (Å²) >= 11 is 13.6. The molecule has 0 spiro atoms. The van der Waals surface area contributed by atoms with Gasteiger partial charge in [-0.1, -0.05) is 29.3 Å². The first-order chi connectivity index (χ1) is 13.4. The Morgan fingerprint density at radius 1 is 1.11 bits per heavy atom. The van der Waals surface area contributed by atoms with Gasteiger partial charge in [-0.3, -0.25) is 4.79 Å². The highest BCUT2D eigenvalue weighted by Gasteiger charge is 2.51. The molecule has 0 unspecified atom stereocenters. The van der Waals surface area contributed by atoms with Crippen LogP contribution < -0.4 is 5.32 Å². The van der Waals surface area contributed by atoms with Gasteiger partial charge < -0.3 is 10.1 Å². The van der Waals surface area contributed by atoms with Crippen LogP contribution in [0.5, 0.6) is 0 Å². The first kappa shape index (κ1) is 18.7. The van der Waals surface area contributed by atoms with Crippen molar-refractivity contribution >= 4 is 56.5 Å². The molecular formula is C21H21Cl2NO3S. The summed E-state index contributed by atoms with van der Waals surface area (Å²) in [5.41, 5.74) is -0.0791. The maximum atomic E-state index is 12.5. The Bertz CT molecular complexity index is 935. The Balaban J connectivity index is 1.23. The van der Waals surface area contributed by atoms with Crippen LogP contribution in [-0.4, -0.2) is 24.0 Å². The minimum atomic E-state index is -0.567. The number of thiophene rings is 1. The van der Waals surface area contributed by atoms with Crippen molar-refractivity contribution < 1.29 is 14.3 Å². The first-order valence-corrected chi connectivity index (χ1v) is 11.3. The molecule has 7 heteroatoms. The Labute approximate surface area is 177 Å². The van der Waals surface area contributed by atoms with Crippen molar-refractivity contribution in [2.45, 2.75) is 44.1 Å². The van der Waals surface area contributed by atoms with Gasteiger partial charge in [0.05, 0.1) is 5.02 Å². The highest BCUT2D eigenvalue weighted by Crippen LogP contribution is 2.55. The van der Waals surface area contributed by atoms with Gasteiger partial charge in [-0.05, 0) is 68.4 Å². The summed E-state index contributed by atoms with van der Waals surface area (Å²) in [6, 6.07) is 5.29. The van der Waals surface area contributed by atoms with E-state index in [0.29, 0.717) is 14.9 Å². The zero-order valence-corrected chi connectivity index (χ0v) is 17.6. The lowest BCUT2D eigenvalue weighted by atomic mass is 9.53. The second-order valence-electron chi connectivity index (χ2n) is 8.71. The summed E-state index contributed by atoms with van der Waals surface area (Å²) in [6.07, 6.45) is 7.17. The average Bonchev–Trinajstić information content (AvgIpc) is 2.94. The van der Waals surface area contributed by atoms with Crippen molar-refractivity contribution in [2.75, 3.05) is 6.61 Å². The molecular weight excluding hydrogens is 417 g/mol. The third-order valence-corrected chi connectivity index (χ3v) is 8.43. The van der Waals surface area contributed by atoms with Crippen molar-refractivity contribution in [1.29, 1.82) is 0 Å². The lowest BCUT2D eigenvalue weighted by Crippen LogP contribution is -2.60. The van der Waals surface area contributed by atoms with Gasteiger partial charge >= 0.3 is 5.97 Å². The summed E-state index contributed by atoms with van der Waals surface area (Å²) in [4.78, 5) is 25.3. The van der Waals surface area contributed by atoms with Crippen LogP contribution in [0.25, 0.3) is 10.1 Å². The van der Waals surface area contributed by atoms with E-state index in [4.69, 9.17) is 27.9 Å². The molecule has 4 fully saturated rings. The molecule has 6 rings (SSSR count). The molecule has 28 heavy (non-hydrogen) atoms. The summed E-state index contributed by atoms with van der Waals surface area (Å²) in [5.74, 6) is 1.47. The smallest absolute Gasteiger partial charge is 0.350 e. The zero-order chi connectivity index (χ0) is 19.5. The van der Waals surface area contributed by atoms with Gasteiger partial charge in [0.25, 0.3) is 5.91 Å². The normalized spacial score (nSPS) is 30.6. The monoisotopic (exact) mass is 437 g/mol. The van der Waals surface area contributed by atoms with Crippen LogP contribution >= 0.6 is 34.5 Å². The molecule has 4 saturated carbocycles. The molecule has 4 bridgehead atoms. The molecule has 1 aromatic carbocycles. The fourth-order valence-corrected chi connectivity index (χ4v) is 7.64. The number of carbonyl (C=O) groups is 2. The van der Waals surface area contributed by atoms with E-state index in [-0.39, 0.29) is 18.1 Å². The summed E-state index contributed by atoms with van der Waals surface area (Å²) in [7, 11) is 0. The van der Waals surface area contributed by atoms with Gasteiger partial charge in [-0.2, -0.15) is 0 Å². The third kappa shape index (κ3) is 3.31. The van der Waals surface area contributed by atoms with Crippen LogP contribution in [0.2, 0.25) is 10.0 Å². The number of hydrogen-bond donors (Lipinski definition) is 1. The Morgan fingerprint density at radius 2 is 1.75 bits per heavy atom. The zero-order valence-electron chi connectivity index (χ0n) is 15.3. The fourth-order valence-electron chi connectivity index (χ4n) is 5.96. The number of nitrogens with one attached hydrogen (secondary N) is 1. The van der Waals surface area contributed by atoms with Crippen molar-refractivity contribution in [3.63, 3.8) is 0 Å². The van der Waals surface area contributed by atoms with Gasteiger partial charge in [0.15, 0.2) is 6.61 Å². The largest absolute Gasteiger partial charge is 0.451 e. The lowest BCUT2D eigenvalue weighted by Gasteiger charge is -2.56. The van der Waals surface area contributed by atoms with Gasteiger partial charge in [0.1, 0.15) is 4.88 Å². The predicted molar refractivity (Wildman–Crippen MR) is 111 cm³/mol. The summed E-state index contributed by atoms with van der Waals surface area (Å²) in [5, 5.41) is 4.92. The molecule has 4 aliphatic rings. The Kier molecular flexibility index (Phi) is 4.61. The third-order valence-electron chi connectivity index (χ3n) is 6.55. The van der Waals surface area contributed by atoms with E-state index in [2.05, 4.69) is 5.32 Å². The van der Waals surface area contributed by atoms with Gasteiger partial charge in [0.2, 0.25) is 0 Å². The van der Waals surface area contributed by atoms with Crippen LogP contribution in [-0.2, 0) is 9.53 Å². The number of fused-ring (bicyclic) bond motifs is 1. The number of hydrogen-bond acceptors (Lipinski definition) is 4. The number of benzene rings is 1. The minimum absolute atomic E-state index is 0.0791. The lowest BCUT2D eigenvalue weighted by molar-refractivity contribution is -0.130. The molecule has 4 nitrogen and oxygen atoms in total. The maximum absolute atomic E-state index is 12.5. The van der Waals surface area contributed by atoms with Crippen LogP contribution in [0.3, 0.4) is 0 Å². The van der Waals surface area contributed by atoms with E-state index < -0.39 is 5.97 Å². The van der Waals surface area contributed by atoms with Crippen molar-refractivity contribution in [3.8, 4) is 0 Å². The molecule has 2 aromatic rings. The number of ether oxygens (including phenoxy) is 1. The molecule has 148 valence electrons. The minimum Gasteiger partial charge on any atom is -0.451 e. The topological polar surface area (TPSA) is 55.4 Å².